The molecule has 20 heavy (non-hydrogen) atoms. The van der Waals surface area contributed by atoms with Crippen LogP contribution in [0.4, 0.5) is 5.82 Å². The van der Waals surface area contributed by atoms with Crippen LogP contribution in [-0.2, 0) is 11.3 Å². The second-order valence-corrected chi connectivity index (χ2v) is 5.33. The summed E-state index contributed by atoms with van der Waals surface area (Å²) in [6.45, 7) is 3.29. The molecule has 0 spiro atoms. The van der Waals surface area contributed by atoms with Gasteiger partial charge in [0.15, 0.2) is 0 Å². The first kappa shape index (κ1) is 13.4. The molecule has 1 aliphatic heterocycles. The monoisotopic (exact) mass is 291 g/mol. The molecule has 1 atom stereocenters. The zero-order chi connectivity index (χ0) is 13.8. The Morgan fingerprint density at radius 1 is 1.40 bits per heavy atom. The van der Waals surface area contributed by atoms with E-state index in [-0.39, 0.29) is 6.10 Å². The molecule has 2 aromatic heterocycles. The highest BCUT2D eigenvalue weighted by Crippen LogP contribution is 2.25. The van der Waals surface area contributed by atoms with Gasteiger partial charge in [0.05, 0.1) is 17.8 Å². The zero-order valence-corrected chi connectivity index (χ0v) is 12.1. The lowest BCUT2D eigenvalue weighted by atomic mass is 10.2. The van der Waals surface area contributed by atoms with Crippen LogP contribution < -0.4 is 5.32 Å². The van der Waals surface area contributed by atoms with Gasteiger partial charge in [0.2, 0.25) is 0 Å². The Bertz CT molecular complexity index is 547. The van der Waals surface area contributed by atoms with E-state index in [1.54, 1.807) is 23.7 Å². The van der Waals surface area contributed by atoms with Gasteiger partial charge in [-0.3, -0.25) is 9.88 Å². The van der Waals surface area contributed by atoms with Crippen molar-refractivity contribution in [2.24, 2.45) is 0 Å². The van der Waals surface area contributed by atoms with E-state index in [9.17, 15) is 0 Å². The molecule has 0 aromatic carbocycles. The number of ether oxygens (including phenoxy) is 1. The summed E-state index contributed by atoms with van der Waals surface area (Å²) in [5.74, 6) is 0.785. The molecule has 0 bridgehead atoms. The second kappa shape index (κ2) is 6.25. The van der Waals surface area contributed by atoms with Gasteiger partial charge in [-0.05, 0) is 0 Å². The van der Waals surface area contributed by atoms with Crippen LogP contribution in [0, 0.1) is 0 Å². The van der Waals surface area contributed by atoms with E-state index in [4.69, 9.17) is 4.74 Å². The van der Waals surface area contributed by atoms with Crippen molar-refractivity contribution in [3.63, 3.8) is 0 Å². The molecule has 0 amide bonds. The third-order valence-electron chi connectivity index (χ3n) is 3.29. The van der Waals surface area contributed by atoms with Crippen molar-refractivity contribution in [2.45, 2.75) is 12.6 Å². The van der Waals surface area contributed by atoms with E-state index >= 15 is 0 Å². The summed E-state index contributed by atoms with van der Waals surface area (Å²) in [6, 6.07) is 0. The van der Waals surface area contributed by atoms with Crippen molar-refractivity contribution in [3.8, 4) is 0 Å². The largest absolute Gasteiger partial charge is 0.372 e. The number of rotatable bonds is 4. The average Bonchev–Trinajstić information content (AvgIpc) is 3.00. The Hall–Kier alpha value is -1.57. The number of hydrogen-bond donors (Lipinski definition) is 1. The van der Waals surface area contributed by atoms with Crippen molar-refractivity contribution in [1.29, 1.82) is 0 Å². The number of aromatic nitrogens is 3. The minimum Gasteiger partial charge on any atom is -0.372 e. The quantitative estimate of drug-likeness (QED) is 0.922. The summed E-state index contributed by atoms with van der Waals surface area (Å²) in [6.07, 6.45) is 3.35. The molecule has 3 rings (SSSR count). The van der Waals surface area contributed by atoms with Gasteiger partial charge in [-0.2, -0.15) is 0 Å². The molecule has 0 saturated carbocycles. The van der Waals surface area contributed by atoms with Gasteiger partial charge in [0, 0.05) is 44.5 Å². The van der Waals surface area contributed by atoms with E-state index in [1.807, 2.05) is 12.6 Å². The number of nitrogens with zero attached hydrogens (tertiary/aromatic N) is 4. The molecule has 1 N–H and O–H groups in total. The molecular weight excluding hydrogens is 274 g/mol. The van der Waals surface area contributed by atoms with Crippen molar-refractivity contribution in [1.82, 2.24) is 19.9 Å². The van der Waals surface area contributed by atoms with E-state index in [0.29, 0.717) is 6.61 Å². The van der Waals surface area contributed by atoms with Crippen molar-refractivity contribution in [3.05, 3.63) is 34.7 Å². The van der Waals surface area contributed by atoms with E-state index < -0.39 is 0 Å². The normalized spacial score (nSPS) is 19.9. The SMILES string of the molecule is CNc1nccnc1[C@@H]1CN(Cc2cscn2)CCO1. The van der Waals surface area contributed by atoms with Crippen LogP contribution in [0.5, 0.6) is 0 Å². The summed E-state index contributed by atoms with van der Waals surface area (Å²) in [7, 11) is 1.85. The van der Waals surface area contributed by atoms with Crippen LogP contribution in [0.3, 0.4) is 0 Å². The summed E-state index contributed by atoms with van der Waals surface area (Å²) < 4.78 is 5.85. The van der Waals surface area contributed by atoms with Crippen LogP contribution in [-0.4, -0.2) is 46.6 Å². The van der Waals surface area contributed by atoms with E-state index in [0.717, 1.165) is 36.8 Å². The Kier molecular flexibility index (Phi) is 4.19. The van der Waals surface area contributed by atoms with Gasteiger partial charge in [-0.25, -0.2) is 9.97 Å². The zero-order valence-electron chi connectivity index (χ0n) is 11.3. The molecule has 7 heteroatoms. The predicted octanol–water partition coefficient (Wildman–Crippen LogP) is 1.55. The molecule has 1 fully saturated rings. The first-order valence-electron chi connectivity index (χ1n) is 6.56. The molecule has 1 aliphatic rings. The van der Waals surface area contributed by atoms with Gasteiger partial charge in [0.25, 0.3) is 0 Å². The highest BCUT2D eigenvalue weighted by atomic mass is 32.1. The fourth-order valence-electron chi connectivity index (χ4n) is 2.33. The highest BCUT2D eigenvalue weighted by Gasteiger charge is 2.25. The molecule has 3 heterocycles. The lowest BCUT2D eigenvalue weighted by Gasteiger charge is -2.32. The average molecular weight is 291 g/mol. The maximum Gasteiger partial charge on any atom is 0.150 e. The second-order valence-electron chi connectivity index (χ2n) is 4.61. The number of anilines is 1. The number of nitrogens with one attached hydrogen (secondary N) is 1. The first-order chi connectivity index (χ1) is 9.86. The van der Waals surface area contributed by atoms with Gasteiger partial charge < -0.3 is 10.1 Å². The Labute approximate surface area is 121 Å². The molecule has 0 aliphatic carbocycles. The summed E-state index contributed by atoms with van der Waals surface area (Å²) in [5.41, 5.74) is 3.86. The molecule has 2 aromatic rings. The molecule has 106 valence electrons. The third-order valence-corrected chi connectivity index (χ3v) is 3.92. The van der Waals surface area contributed by atoms with E-state index in [2.05, 4.69) is 30.5 Å². The number of hydrogen-bond acceptors (Lipinski definition) is 7. The molecule has 0 unspecified atom stereocenters. The third kappa shape index (κ3) is 2.95. The van der Waals surface area contributed by atoms with Crippen LogP contribution >= 0.6 is 11.3 Å². The topological polar surface area (TPSA) is 63.2 Å². The molecule has 1 saturated heterocycles. The molecule has 0 radical (unpaired) electrons. The van der Waals surface area contributed by atoms with Gasteiger partial charge in [-0.1, -0.05) is 0 Å². The summed E-state index contributed by atoms with van der Waals surface area (Å²) >= 11 is 1.63. The fraction of sp³-hybridized carbons (Fsp3) is 0.462. The summed E-state index contributed by atoms with van der Waals surface area (Å²) in [5, 5.41) is 5.16. The minimum absolute atomic E-state index is 0.0430. The Balaban J connectivity index is 1.71. The van der Waals surface area contributed by atoms with Crippen molar-refractivity contribution < 1.29 is 4.74 Å². The van der Waals surface area contributed by atoms with Gasteiger partial charge in [-0.15, -0.1) is 11.3 Å². The standard InChI is InChI=1S/C13H17N5OS/c1-14-13-12(15-2-3-16-13)11-7-18(4-5-19-11)6-10-8-20-9-17-10/h2-3,8-9,11H,4-7H2,1H3,(H,14,16)/t11-/m0/s1. The van der Waals surface area contributed by atoms with Crippen LogP contribution in [0.25, 0.3) is 0 Å². The number of thiazole rings is 1. The van der Waals surface area contributed by atoms with Crippen molar-refractivity contribution in [2.75, 3.05) is 32.1 Å². The van der Waals surface area contributed by atoms with Crippen LogP contribution in [0.1, 0.15) is 17.5 Å². The van der Waals surface area contributed by atoms with Gasteiger partial charge in [0.1, 0.15) is 17.6 Å². The predicted molar refractivity (Wildman–Crippen MR) is 77.7 cm³/mol. The van der Waals surface area contributed by atoms with Gasteiger partial charge >= 0.3 is 0 Å². The highest BCUT2D eigenvalue weighted by molar-refractivity contribution is 7.07. The fourth-order valence-corrected chi connectivity index (χ4v) is 2.88. The van der Waals surface area contributed by atoms with E-state index in [1.165, 1.54) is 0 Å². The lowest BCUT2D eigenvalue weighted by molar-refractivity contribution is -0.0350. The van der Waals surface area contributed by atoms with Crippen LogP contribution in [0.15, 0.2) is 23.3 Å². The Morgan fingerprint density at radius 2 is 2.30 bits per heavy atom. The minimum atomic E-state index is -0.0430. The summed E-state index contributed by atoms with van der Waals surface area (Å²) in [4.78, 5) is 15.4. The Morgan fingerprint density at radius 3 is 3.10 bits per heavy atom. The lowest BCUT2D eigenvalue weighted by Crippen LogP contribution is -2.38. The molecular formula is C13H17N5OS. The maximum atomic E-state index is 5.85. The first-order valence-corrected chi connectivity index (χ1v) is 7.51. The number of morpholine rings is 1. The van der Waals surface area contributed by atoms with Crippen LogP contribution in [0.2, 0.25) is 0 Å². The van der Waals surface area contributed by atoms with Crippen molar-refractivity contribution >= 4 is 17.2 Å². The maximum absolute atomic E-state index is 5.85. The smallest absolute Gasteiger partial charge is 0.150 e. The molecule has 6 nitrogen and oxygen atoms in total.